The van der Waals surface area contributed by atoms with Gasteiger partial charge in [-0.1, -0.05) is 6.07 Å². The van der Waals surface area contributed by atoms with E-state index in [2.05, 4.69) is 26.6 Å². The monoisotopic (exact) mass is 340 g/mol. The zero-order chi connectivity index (χ0) is 17.6. The number of anilines is 2. The highest BCUT2D eigenvalue weighted by Gasteiger charge is 2.25. The van der Waals surface area contributed by atoms with Crippen molar-refractivity contribution in [3.05, 3.63) is 48.3 Å². The summed E-state index contributed by atoms with van der Waals surface area (Å²) in [6, 6.07) is 11.3. The Balaban J connectivity index is 1.50. The van der Waals surface area contributed by atoms with Crippen LogP contribution in [0.15, 0.2) is 42.6 Å². The van der Waals surface area contributed by atoms with E-state index in [0.29, 0.717) is 11.4 Å². The summed E-state index contributed by atoms with van der Waals surface area (Å²) < 4.78 is 0. The lowest BCUT2D eigenvalue weighted by Gasteiger charge is -2.31. The topological polar surface area (TPSA) is 77.2 Å². The summed E-state index contributed by atoms with van der Waals surface area (Å²) in [7, 11) is 0. The van der Waals surface area contributed by atoms with Crippen LogP contribution < -0.4 is 10.6 Å². The summed E-state index contributed by atoms with van der Waals surface area (Å²) in [6.45, 7) is 4.21. The fraction of sp³-hybridized carbons (Fsp3) is 0.368. The van der Waals surface area contributed by atoms with Gasteiger partial charge in [-0.15, -0.1) is 0 Å². The van der Waals surface area contributed by atoms with Gasteiger partial charge in [-0.25, -0.2) is 0 Å². The lowest BCUT2D eigenvalue weighted by molar-refractivity contribution is -0.121. The number of H-pyrrole nitrogens is 1. The molecule has 0 unspecified atom stereocenters. The van der Waals surface area contributed by atoms with Gasteiger partial charge in [0, 0.05) is 42.7 Å². The van der Waals surface area contributed by atoms with Crippen molar-refractivity contribution >= 4 is 23.2 Å². The summed E-state index contributed by atoms with van der Waals surface area (Å²) in [4.78, 5) is 29.2. The molecule has 0 radical (unpaired) electrons. The summed E-state index contributed by atoms with van der Waals surface area (Å²) >= 11 is 0. The van der Waals surface area contributed by atoms with Crippen molar-refractivity contribution < 1.29 is 9.59 Å². The lowest BCUT2D eigenvalue weighted by atomic mass is 9.95. The van der Waals surface area contributed by atoms with Crippen LogP contribution in [-0.2, 0) is 16.1 Å². The van der Waals surface area contributed by atoms with Gasteiger partial charge in [-0.05, 0) is 56.3 Å². The van der Waals surface area contributed by atoms with Gasteiger partial charge in [-0.3, -0.25) is 14.5 Å². The molecule has 6 heteroatoms. The average molecular weight is 340 g/mol. The van der Waals surface area contributed by atoms with Gasteiger partial charge in [0.15, 0.2) is 0 Å². The van der Waals surface area contributed by atoms with E-state index in [1.54, 1.807) is 12.1 Å². The number of carbonyl (C=O) groups excluding carboxylic acids is 2. The molecule has 0 atom stereocenters. The van der Waals surface area contributed by atoms with E-state index >= 15 is 0 Å². The molecular formula is C19H24N4O2. The standard InChI is InChI=1S/C19H24N4O2/c1-14(24)21-16-4-2-5-17(12-16)22-19(25)15-7-10-23(11-8-15)13-18-6-3-9-20-18/h2-6,9,12,15,20H,7-8,10-11,13H2,1H3,(H,21,24)(H,22,25). The number of carbonyl (C=O) groups is 2. The molecule has 3 N–H and O–H groups in total. The van der Waals surface area contributed by atoms with Crippen LogP contribution in [0.3, 0.4) is 0 Å². The quantitative estimate of drug-likeness (QED) is 0.783. The number of piperidine rings is 1. The maximum Gasteiger partial charge on any atom is 0.227 e. The predicted molar refractivity (Wildman–Crippen MR) is 98.2 cm³/mol. The molecule has 1 saturated heterocycles. The number of hydrogen-bond donors (Lipinski definition) is 3. The normalized spacial score (nSPS) is 15.7. The first-order valence-electron chi connectivity index (χ1n) is 8.63. The zero-order valence-electron chi connectivity index (χ0n) is 14.4. The fourth-order valence-corrected chi connectivity index (χ4v) is 3.18. The minimum Gasteiger partial charge on any atom is -0.364 e. The van der Waals surface area contributed by atoms with Crippen molar-refractivity contribution in [1.82, 2.24) is 9.88 Å². The van der Waals surface area contributed by atoms with Crippen LogP contribution in [0.1, 0.15) is 25.5 Å². The van der Waals surface area contributed by atoms with Crippen LogP contribution in [0, 0.1) is 5.92 Å². The molecule has 1 aromatic heterocycles. The zero-order valence-corrected chi connectivity index (χ0v) is 14.4. The first-order chi connectivity index (χ1) is 12.1. The number of aromatic nitrogens is 1. The summed E-state index contributed by atoms with van der Waals surface area (Å²) in [5.74, 6) is -0.0401. The van der Waals surface area contributed by atoms with Gasteiger partial charge in [-0.2, -0.15) is 0 Å². The Bertz CT molecular complexity index is 719. The second-order valence-corrected chi connectivity index (χ2v) is 6.50. The van der Waals surface area contributed by atoms with E-state index in [-0.39, 0.29) is 17.7 Å². The van der Waals surface area contributed by atoms with Crippen LogP contribution in [0.4, 0.5) is 11.4 Å². The van der Waals surface area contributed by atoms with Gasteiger partial charge in [0.1, 0.15) is 0 Å². The van der Waals surface area contributed by atoms with Crippen molar-refractivity contribution in [1.29, 1.82) is 0 Å². The summed E-state index contributed by atoms with van der Waals surface area (Å²) in [5, 5.41) is 5.70. The van der Waals surface area contributed by atoms with E-state index in [1.165, 1.54) is 12.6 Å². The van der Waals surface area contributed by atoms with Gasteiger partial charge in [0.05, 0.1) is 0 Å². The molecule has 132 valence electrons. The Morgan fingerprint density at radius 2 is 1.84 bits per heavy atom. The molecule has 3 rings (SSSR count). The number of hydrogen-bond acceptors (Lipinski definition) is 3. The molecule has 1 aliphatic rings. The second kappa shape index (κ2) is 7.98. The van der Waals surface area contributed by atoms with E-state index < -0.39 is 0 Å². The van der Waals surface area contributed by atoms with Gasteiger partial charge < -0.3 is 15.6 Å². The minimum atomic E-state index is -0.127. The molecule has 1 fully saturated rings. The number of benzene rings is 1. The maximum absolute atomic E-state index is 12.5. The fourth-order valence-electron chi connectivity index (χ4n) is 3.18. The predicted octanol–water partition coefficient (Wildman–Crippen LogP) is 2.82. The van der Waals surface area contributed by atoms with E-state index in [0.717, 1.165) is 32.5 Å². The number of nitrogens with zero attached hydrogens (tertiary/aromatic N) is 1. The highest BCUT2D eigenvalue weighted by atomic mass is 16.2. The SMILES string of the molecule is CC(=O)Nc1cccc(NC(=O)C2CCN(Cc3ccc[nH]3)CC2)c1. The number of nitrogens with one attached hydrogen (secondary N) is 3. The molecule has 2 aromatic rings. The van der Waals surface area contributed by atoms with Crippen LogP contribution in [0.25, 0.3) is 0 Å². The third kappa shape index (κ3) is 4.93. The molecule has 0 aliphatic carbocycles. The average Bonchev–Trinajstić information content (AvgIpc) is 3.08. The maximum atomic E-state index is 12.5. The molecule has 0 bridgehead atoms. The Morgan fingerprint density at radius 1 is 1.12 bits per heavy atom. The number of likely N-dealkylation sites (tertiary alicyclic amines) is 1. The smallest absolute Gasteiger partial charge is 0.227 e. The molecule has 0 spiro atoms. The largest absolute Gasteiger partial charge is 0.364 e. The van der Waals surface area contributed by atoms with Crippen LogP contribution in [0.5, 0.6) is 0 Å². The van der Waals surface area contributed by atoms with Crippen LogP contribution >= 0.6 is 0 Å². The molecule has 2 amide bonds. The van der Waals surface area contributed by atoms with Crippen molar-refractivity contribution in [3.8, 4) is 0 Å². The number of amides is 2. The summed E-state index contributed by atoms with van der Waals surface area (Å²) in [6.07, 6.45) is 3.65. The van der Waals surface area contributed by atoms with Crippen molar-refractivity contribution in [2.45, 2.75) is 26.3 Å². The van der Waals surface area contributed by atoms with Crippen LogP contribution in [0.2, 0.25) is 0 Å². The Kier molecular flexibility index (Phi) is 5.50. The first kappa shape index (κ1) is 17.2. The highest BCUT2D eigenvalue weighted by Crippen LogP contribution is 2.22. The van der Waals surface area contributed by atoms with Gasteiger partial charge in [0.2, 0.25) is 11.8 Å². The third-order valence-electron chi connectivity index (χ3n) is 4.47. The summed E-state index contributed by atoms with van der Waals surface area (Å²) in [5.41, 5.74) is 2.61. The minimum absolute atomic E-state index is 0.0318. The molecule has 6 nitrogen and oxygen atoms in total. The highest BCUT2D eigenvalue weighted by molar-refractivity contribution is 5.94. The molecule has 1 aliphatic heterocycles. The Hall–Kier alpha value is -2.60. The number of aromatic amines is 1. The van der Waals surface area contributed by atoms with E-state index in [1.807, 2.05) is 24.4 Å². The van der Waals surface area contributed by atoms with Crippen LogP contribution in [-0.4, -0.2) is 34.8 Å². The second-order valence-electron chi connectivity index (χ2n) is 6.50. The Labute approximate surface area is 147 Å². The van der Waals surface area contributed by atoms with Crippen molar-refractivity contribution in [2.75, 3.05) is 23.7 Å². The molecule has 2 heterocycles. The lowest BCUT2D eigenvalue weighted by Crippen LogP contribution is -2.37. The Morgan fingerprint density at radius 3 is 2.48 bits per heavy atom. The molecule has 1 aromatic carbocycles. The van der Waals surface area contributed by atoms with E-state index in [9.17, 15) is 9.59 Å². The number of rotatable bonds is 5. The molecule has 0 saturated carbocycles. The van der Waals surface area contributed by atoms with Gasteiger partial charge >= 0.3 is 0 Å². The first-order valence-corrected chi connectivity index (χ1v) is 8.63. The molecule has 25 heavy (non-hydrogen) atoms. The molecular weight excluding hydrogens is 316 g/mol. The van der Waals surface area contributed by atoms with Crippen molar-refractivity contribution in [3.63, 3.8) is 0 Å². The third-order valence-corrected chi connectivity index (χ3v) is 4.47. The van der Waals surface area contributed by atoms with Gasteiger partial charge in [0.25, 0.3) is 0 Å². The van der Waals surface area contributed by atoms with Crippen molar-refractivity contribution in [2.24, 2.45) is 5.92 Å². The van der Waals surface area contributed by atoms with E-state index in [4.69, 9.17) is 0 Å².